The third-order valence-corrected chi connectivity index (χ3v) is 6.40. The summed E-state index contributed by atoms with van der Waals surface area (Å²) in [7, 11) is 0. The highest BCUT2D eigenvalue weighted by Gasteiger charge is 2.40. The van der Waals surface area contributed by atoms with Crippen LogP contribution in [0, 0.1) is 3.57 Å². The second-order valence-electron chi connectivity index (χ2n) is 7.14. The van der Waals surface area contributed by atoms with Crippen LogP contribution in [0.5, 0.6) is 0 Å². The zero-order chi connectivity index (χ0) is 22.1. The zero-order valence-corrected chi connectivity index (χ0v) is 19.7. The first-order valence-corrected chi connectivity index (χ1v) is 11.3. The highest BCUT2D eigenvalue weighted by molar-refractivity contribution is 14.1. The minimum absolute atomic E-state index is 0.346. The second-order valence-corrected chi connectivity index (χ2v) is 9.26. The van der Waals surface area contributed by atoms with Gasteiger partial charge in [-0.1, -0.05) is 47.5 Å². The van der Waals surface area contributed by atoms with Crippen molar-refractivity contribution in [3.8, 4) is 0 Å². The van der Waals surface area contributed by atoms with Gasteiger partial charge >= 0.3 is 5.97 Å². The molecule has 2 N–H and O–H groups in total. The van der Waals surface area contributed by atoms with Crippen LogP contribution < -0.4 is 5.32 Å². The molecule has 2 unspecified atom stereocenters. The molecular weight excluding hydrogens is 550 g/mol. The maximum absolute atomic E-state index is 13.8. The van der Waals surface area contributed by atoms with E-state index in [1.807, 2.05) is 24.3 Å². The first-order chi connectivity index (χ1) is 14.8. The quantitative estimate of drug-likeness (QED) is 0.378. The molecule has 1 amide bonds. The molecule has 0 fully saturated rings. The summed E-state index contributed by atoms with van der Waals surface area (Å²) in [5.74, 6) is -1.48. The van der Waals surface area contributed by atoms with Crippen LogP contribution in [0.2, 0.25) is 10.0 Å². The fourth-order valence-corrected chi connectivity index (χ4v) is 4.50. The monoisotopic (exact) mass is 566 g/mol. The SMILES string of the molecule is O=C(O)C(c1ccc(Cl)cc1)N1C(=O)c2cc(I)ccc2NCC1c1ccc(Cl)cc1. The fourth-order valence-electron chi connectivity index (χ4n) is 3.76. The Morgan fingerprint density at radius 3 is 2.26 bits per heavy atom. The number of benzene rings is 3. The van der Waals surface area contributed by atoms with Crippen LogP contribution in [0.4, 0.5) is 5.69 Å². The van der Waals surface area contributed by atoms with Gasteiger partial charge in [-0.2, -0.15) is 0 Å². The van der Waals surface area contributed by atoms with Crippen molar-refractivity contribution in [2.75, 3.05) is 11.9 Å². The number of carboxylic acid groups (broad SMARTS) is 1. The molecule has 3 aromatic rings. The van der Waals surface area contributed by atoms with Crippen LogP contribution in [0.3, 0.4) is 0 Å². The van der Waals surface area contributed by atoms with Crippen LogP contribution in [0.1, 0.15) is 33.6 Å². The highest BCUT2D eigenvalue weighted by atomic mass is 127. The van der Waals surface area contributed by atoms with E-state index in [0.29, 0.717) is 33.4 Å². The van der Waals surface area contributed by atoms with Gasteiger partial charge < -0.3 is 15.3 Å². The topological polar surface area (TPSA) is 69.6 Å². The van der Waals surface area contributed by atoms with Gasteiger partial charge in [-0.15, -0.1) is 0 Å². The Morgan fingerprint density at radius 2 is 1.65 bits per heavy atom. The summed E-state index contributed by atoms with van der Waals surface area (Å²) in [5, 5.41) is 14.6. The van der Waals surface area contributed by atoms with E-state index in [4.69, 9.17) is 23.2 Å². The van der Waals surface area contributed by atoms with Crippen molar-refractivity contribution in [3.05, 3.63) is 97.0 Å². The number of hydrogen-bond acceptors (Lipinski definition) is 3. The molecule has 158 valence electrons. The number of aliphatic carboxylic acids is 1. The van der Waals surface area contributed by atoms with Gasteiger partial charge in [-0.3, -0.25) is 4.79 Å². The molecule has 4 rings (SSSR count). The van der Waals surface area contributed by atoms with E-state index in [-0.39, 0.29) is 5.91 Å². The van der Waals surface area contributed by atoms with Gasteiger partial charge in [0.15, 0.2) is 6.04 Å². The number of nitrogens with zero attached hydrogens (tertiary/aromatic N) is 1. The lowest BCUT2D eigenvalue weighted by Crippen LogP contribution is -2.42. The van der Waals surface area contributed by atoms with Crippen molar-refractivity contribution in [1.29, 1.82) is 0 Å². The number of anilines is 1. The summed E-state index contributed by atoms with van der Waals surface area (Å²) in [5.41, 5.74) is 2.36. The Hall–Kier alpha value is -2.29. The van der Waals surface area contributed by atoms with Crippen molar-refractivity contribution >= 4 is 63.4 Å². The van der Waals surface area contributed by atoms with Gasteiger partial charge in [-0.05, 0) is 76.2 Å². The van der Waals surface area contributed by atoms with Crippen LogP contribution in [-0.2, 0) is 4.79 Å². The molecule has 5 nitrogen and oxygen atoms in total. The summed E-state index contributed by atoms with van der Waals surface area (Å²) >= 11 is 14.2. The van der Waals surface area contributed by atoms with Crippen molar-refractivity contribution < 1.29 is 14.7 Å². The molecule has 0 aliphatic carbocycles. The van der Waals surface area contributed by atoms with E-state index in [2.05, 4.69) is 27.9 Å². The number of carboxylic acids is 1. The van der Waals surface area contributed by atoms with E-state index in [0.717, 1.165) is 9.13 Å². The van der Waals surface area contributed by atoms with Crippen molar-refractivity contribution in [2.45, 2.75) is 12.1 Å². The normalized spacial score (nSPS) is 16.8. The maximum atomic E-state index is 13.8. The number of fused-ring (bicyclic) bond motifs is 1. The number of carbonyl (C=O) groups is 2. The van der Waals surface area contributed by atoms with Gasteiger partial charge in [0.25, 0.3) is 5.91 Å². The number of carbonyl (C=O) groups excluding carboxylic acids is 1. The van der Waals surface area contributed by atoms with Gasteiger partial charge in [0.2, 0.25) is 0 Å². The summed E-state index contributed by atoms with van der Waals surface area (Å²) in [6, 6.07) is 17.4. The fraction of sp³-hybridized carbons (Fsp3) is 0.130. The average Bonchev–Trinajstić information content (AvgIpc) is 2.87. The van der Waals surface area contributed by atoms with Crippen LogP contribution in [0.25, 0.3) is 0 Å². The molecule has 0 saturated heterocycles. The Labute approximate surface area is 203 Å². The molecule has 2 atom stereocenters. The first-order valence-electron chi connectivity index (χ1n) is 9.45. The van der Waals surface area contributed by atoms with E-state index >= 15 is 0 Å². The third-order valence-electron chi connectivity index (χ3n) is 5.22. The van der Waals surface area contributed by atoms with Gasteiger partial charge in [0, 0.05) is 25.8 Å². The van der Waals surface area contributed by atoms with E-state index in [1.54, 1.807) is 42.5 Å². The summed E-state index contributed by atoms with van der Waals surface area (Å²) in [6.45, 7) is 0.346. The van der Waals surface area contributed by atoms with Crippen LogP contribution in [-0.4, -0.2) is 28.4 Å². The predicted octanol–water partition coefficient (Wildman–Crippen LogP) is 6.03. The lowest BCUT2D eigenvalue weighted by molar-refractivity contribution is -0.143. The van der Waals surface area contributed by atoms with E-state index in [1.165, 1.54) is 4.90 Å². The number of amides is 1. The van der Waals surface area contributed by atoms with Crippen molar-refractivity contribution in [2.24, 2.45) is 0 Å². The van der Waals surface area contributed by atoms with Gasteiger partial charge in [0.1, 0.15) is 0 Å². The Morgan fingerprint density at radius 1 is 1.03 bits per heavy atom. The molecule has 0 spiro atoms. The van der Waals surface area contributed by atoms with E-state index < -0.39 is 18.1 Å². The van der Waals surface area contributed by atoms with Crippen molar-refractivity contribution in [1.82, 2.24) is 4.90 Å². The number of hydrogen-bond donors (Lipinski definition) is 2. The minimum atomic E-state index is -1.20. The Bertz CT molecular complexity index is 1140. The highest BCUT2D eigenvalue weighted by Crippen LogP contribution is 2.38. The van der Waals surface area contributed by atoms with E-state index in [9.17, 15) is 14.7 Å². The molecule has 8 heteroatoms. The third kappa shape index (κ3) is 4.51. The number of halogens is 3. The zero-order valence-electron chi connectivity index (χ0n) is 16.1. The molecule has 1 aliphatic rings. The molecule has 0 radical (unpaired) electrons. The Kier molecular flexibility index (Phi) is 6.41. The summed E-state index contributed by atoms with van der Waals surface area (Å²) in [4.78, 5) is 27.7. The smallest absolute Gasteiger partial charge is 0.331 e. The predicted molar refractivity (Wildman–Crippen MR) is 130 cm³/mol. The molecule has 0 saturated carbocycles. The molecular formula is C23H17Cl2IN2O3. The van der Waals surface area contributed by atoms with Crippen molar-refractivity contribution in [3.63, 3.8) is 0 Å². The second kappa shape index (κ2) is 9.06. The Balaban J connectivity index is 1.89. The van der Waals surface area contributed by atoms with Crippen LogP contribution >= 0.6 is 45.8 Å². The molecule has 3 aromatic carbocycles. The molecule has 0 bridgehead atoms. The lowest BCUT2D eigenvalue weighted by atomic mass is 9.98. The van der Waals surface area contributed by atoms with Crippen LogP contribution in [0.15, 0.2) is 66.7 Å². The molecule has 1 aliphatic heterocycles. The standard InChI is InChI=1S/C23H17Cl2IN2O3/c24-15-5-1-13(2-6-15)20-12-27-19-10-9-17(26)11-18(19)22(29)28(20)21(23(30)31)14-3-7-16(25)8-4-14/h1-11,20-21,27H,12H2,(H,30,31). The minimum Gasteiger partial charge on any atom is -0.479 e. The van der Waals surface area contributed by atoms with Gasteiger partial charge in [-0.25, -0.2) is 4.79 Å². The first kappa shape index (κ1) is 21.9. The maximum Gasteiger partial charge on any atom is 0.331 e. The average molecular weight is 567 g/mol. The number of rotatable bonds is 4. The molecule has 0 aromatic heterocycles. The number of nitrogens with one attached hydrogen (secondary N) is 1. The molecule has 31 heavy (non-hydrogen) atoms. The lowest BCUT2D eigenvalue weighted by Gasteiger charge is -2.35. The summed E-state index contributed by atoms with van der Waals surface area (Å²) < 4.78 is 0.884. The summed E-state index contributed by atoms with van der Waals surface area (Å²) in [6.07, 6.45) is 0. The molecule has 1 heterocycles. The largest absolute Gasteiger partial charge is 0.479 e. The van der Waals surface area contributed by atoms with Gasteiger partial charge in [0.05, 0.1) is 11.6 Å².